The second-order valence-electron chi connectivity index (χ2n) is 6.93. The van der Waals surface area contributed by atoms with Crippen molar-refractivity contribution in [1.29, 1.82) is 0 Å². The number of thiazole rings is 2. The summed E-state index contributed by atoms with van der Waals surface area (Å²) in [6.07, 6.45) is 0. The fraction of sp³-hybridized carbons (Fsp3) is 0.368. The summed E-state index contributed by atoms with van der Waals surface area (Å²) < 4.78 is 0. The first-order valence-electron chi connectivity index (χ1n) is 8.12. The van der Waals surface area contributed by atoms with Crippen molar-refractivity contribution in [3.63, 3.8) is 0 Å². The summed E-state index contributed by atoms with van der Waals surface area (Å²) in [6.45, 7) is 9.53. The molecule has 0 fully saturated rings. The molecule has 1 unspecified atom stereocenters. The molecule has 0 bridgehead atoms. The molecule has 1 N–H and O–H groups in total. The van der Waals surface area contributed by atoms with Gasteiger partial charge < -0.3 is 5.32 Å². The van der Waals surface area contributed by atoms with Crippen LogP contribution in [0.4, 0.5) is 0 Å². The Kier molecular flexibility index (Phi) is 5.13. The molecule has 2 heterocycles. The third kappa shape index (κ3) is 4.09. The molecule has 0 saturated carbocycles. The molecule has 0 amide bonds. The van der Waals surface area contributed by atoms with E-state index in [4.69, 9.17) is 9.97 Å². The fourth-order valence-corrected chi connectivity index (χ4v) is 4.07. The Morgan fingerprint density at radius 2 is 1.79 bits per heavy atom. The summed E-state index contributed by atoms with van der Waals surface area (Å²) in [4.78, 5) is 9.51. The normalized spacial score (nSPS) is 13.2. The van der Waals surface area contributed by atoms with Crippen LogP contribution in [-0.4, -0.2) is 9.97 Å². The van der Waals surface area contributed by atoms with Gasteiger partial charge in [0.25, 0.3) is 0 Å². The number of hydrogen-bond donors (Lipinski definition) is 1. The minimum absolute atomic E-state index is 0.119. The molecule has 0 aliphatic carbocycles. The Bertz CT molecular complexity index is 784. The van der Waals surface area contributed by atoms with Crippen molar-refractivity contribution in [1.82, 2.24) is 15.3 Å². The summed E-state index contributed by atoms with van der Waals surface area (Å²) >= 11 is 3.45. The lowest BCUT2D eigenvalue weighted by Gasteiger charge is -2.14. The van der Waals surface area contributed by atoms with Gasteiger partial charge in [-0.3, -0.25) is 0 Å². The van der Waals surface area contributed by atoms with Gasteiger partial charge in [0.1, 0.15) is 5.01 Å². The Morgan fingerprint density at radius 3 is 2.46 bits per heavy atom. The van der Waals surface area contributed by atoms with Crippen LogP contribution >= 0.6 is 22.7 Å². The Hall–Kier alpha value is -1.56. The van der Waals surface area contributed by atoms with E-state index in [1.54, 1.807) is 22.7 Å². The molecule has 24 heavy (non-hydrogen) atoms. The number of aromatic nitrogens is 2. The topological polar surface area (TPSA) is 37.8 Å². The molecule has 0 saturated heterocycles. The molecule has 0 aliphatic rings. The molecule has 1 aromatic carbocycles. The van der Waals surface area contributed by atoms with Gasteiger partial charge in [0.05, 0.1) is 22.4 Å². The number of rotatable bonds is 5. The molecule has 126 valence electrons. The van der Waals surface area contributed by atoms with Gasteiger partial charge in [0, 0.05) is 28.3 Å². The molecule has 1 atom stereocenters. The molecule has 3 aromatic rings. The van der Waals surface area contributed by atoms with E-state index in [9.17, 15) is 0 Å². The van der Waals surface area contributed by atoms with Gasteiger partial charge >= 0.3 is 0 Å². The summed E-state index contributed by atoms with van der Waals surface area (Å²) in [5.74, 6) is 0. The van der Waals surface area contributed by atoms with E-state index in [-0.39, 0.29) is 11.5 Å². The van der Waals surface area contributed by atoms with Gasteiger partial charge in [-0.1, -0.05) is 51.1 Å². The van der Waals surface area contributed by atoms with Crippen LogP contribution in [0.5, 0.6) is 0 Å². The van der Waals surface area contributed by atoms with Crippen molar-refractivity contribution in [2.75, 3.05) is 0 Å². The van der Waals surface area contributed by atoms with Crippen LogP contribution in [0.15, 0.2) is 41.1 Å². The van der Waals surface area contributed by atoms with Gasteiger partial charge in [0.15, 0.2) is 0 Å². The quantitative estimate of drug-likeness (QED) is 0.663. The average molecular weight is 358 g/mol. The van der Waals surface area contributed by atoms with Crippen LogP contribution in [0.1, 0.15) is 49.4 Å². The summed E-state index contributed by atoms with van der Waals surface area (Å²) in [5, 5.41) is 10.1. The Labute approximate surface area is 151 Å². The van der Waals surface area contributed by atoms with E-state index >= 15 is 0 Å². The number of nitrogens with zero attached hydrogens (tertiary/aromatic N) is 2. The highest BCUT2D eigenvalue weighted by atomic mass is 32.1. The van der Waals surface area contributed by atoms with Crippen LogP contribution in [-0.2, 0) is 12.0 Å². The first-order valence-corrected chi connectivity index (χ1v) is 9.88. The van der Waals surface area contributed by atoms with Crippen LogP contribution < -0.4 is 5.32 Å². The standard InChI is InChI=1S/C19H23N3S2/c1-13(20-10-15-11-24-18(21-15)19(2,3)4)17-22-16(12-23-17)14-8-6-5-7-9-14/h5-9,11-13,20H,10H2,1-4H3. The smallest absolute Gasteiger partial charge is 0.110 e. The zero-order chi connectivity index (χ0) is 17.2. The molecular weight excluding hydrogens is 334 g/mol. The highest BCUT2D eigenvalue weighted by Gasteiger charge is 2.18. The van der Waals surface area contributed by atoms with Crippen LogP contribution in [0, 0.1) is 0 Å². The fourth-order valence-electron chi connectivity index (χ4n) is 2.31. The molecular formula is C19H23N3S2. The predicted octanol–water partition coefficient (Wildman–Crippen LogP) is 5.41. The Balaban J connectivity index is 1.62. The molecule has 0 radical (unpaired) electrons. The predicted molar refractivity (Wildman–Crippen MR) is 104 cm³/mol. The molecule has 5 heteroatoms. The number of benzene rings is 1. The molecule has 2 aromatic heterocycles. The zero-order valence-electron chi connectivity index (χ0n) is 14.5. The Morgan fingerprint density at radius 1 is 1.04 bits per heavy atom. The highest BCUT2D eigenvalue weighted by molar-refractivity contribution is 7.10. The van der Waals surface area contributed by atoms with Crippen molar-refractivity contribution in [3.8, 4) is 11.3 Å². The summed E-state index contributed by atoms with van der Waals surface area (Å²) in [6, 6.07) is 10.5. The minimum Gasteiger partial charge on any atom is -0.302 e. The third-order valence-electron chi connectivity index (χ3n) is 3.74. The number of nitrogens with one attached hydrogen (secondary N) is 1. The maximum Gasteiger partial charge on any atom is 0.110 e. The van der Waals surface area contributed by atoms with Gasteiger partial charge in [-0.2, -0.15) is 0 Å². The molecule has 0 spiro atoms. The van der Waals surface area contributed by atoms with E-state index in [2.05, 4.69) is 55.9 Å². The van der Waals surface area contributed by atoms with Crippen molar-refractivity contribution in [2.24, 2.45) is 0 Å². The number of hydrogen-bond acceptors (Lipinski definition) is 5. The molecule has 0 aliphatic heterocycles. The maximum absolute atomic E-state index is 4.78. The second kappa shape index (κ2) is 7.13. The van der Waals surface area contributed by atoms with E-state index in [0.29, 0.717) is 0 Å². The van der Waals surface area contributed by atoms with E-state index in [1.165, 1.54) is 10.6 Å². The van der Waals surface area contributed by atoms with Crippen molar-refractivity contribution < 1.29 is 0 Å². The van der Waals surface area contributed by atoms with E-state index < -0.39 is 0 Å². The average Bonchev–Trinajstić information content (AvgIpc) is 3.22. The second-order valence-corrected chi connectivity index (χ2v) is 8.68. The lowest BCUT2D eigenvalue weighted by atomic mass is 9.98. The van der Waals surface area contributed by atoms with Crippen LogP contribution in [0.3, 0.4) is 0 Å². The monoisotopic (exact) mass is 357 g/mol. The third-order valence-corrected chi connectivity index (χ3v) is 6.09. The van der Waals surface area contributed by atoms with Gasteiger partial charge in [-0.25, -0.2) is 9.97 Å². The van der Waals surface area contributed by atoms with Gasteiger partial charge in [-0.05, 0) is 6.92 Å². The van der Waals surface area contributed by atoms with Gasteiger partial charge in [0.2, 0.25) is 0 Å². The largest absolute Gasteiger partial charge is 0.302 e. The van der Waals surface area contributed by atoms with Gasteiger partial charge in [-0.15, -0.1) is 22.7 Å². The lowest BCUT2D eigenvalue weighted by Crippen LogP contribution is -2.18. The summed E-state index contributed by atoms with van der Waals surface area (Å²) in [5.41, 5.74) is 3.44. The van der Waals surface area contributed by atoms with Crippen molar-refractivity contribution in [3.05, 3.63) is 56.8 Å². The van der Waals surface area contributed by atoms with Crippen molar-refractivity contribution >= 4 is 22.7 Å². The molecule has 3 rings (SSSR count). The van der Waals surface area contributed by atoms with E-state index in [0.717, 1.165) is 22.9 Å². The highest BCUT2D eigenvalue weighted by Crippen LogP contribution is 2.27. The SMILES string of the molecule is CC(NCc1csc(C(C)(C)C)n1)c1nc(-c2ccccc2)cs1. The minimum atomic E-state index is 0.119. The zero-order valence-corrected chi connectivity index (χ0v) is 16.2. The maximum atomic E-state index is 4.78. The lowest BCUT2D eigenvalue weighted by molar-refractivity contribution is 0.555. The molecule has 3 nitrogen and oxygen atoms in total. The first-order chi connectivity index (χ1) is 11.4. The van der Waals surface area contributed by atoms with Crippen LogP contribution in [0.2, 0.25) is 0 Å². The first kappa shape index (κ1) is 17.3. The van der Waals surface area contributed by atoms with Crippen molar-refractivity contribution in [2.45, 2.75) is 45.7 Å². The van der Waals surface area contributed by atoms with Crippen LogP contribution in [0.25, 0.3) is 11.3 Å². The summed E-state index contributed by atoms with van der Waals surface area (Å²) in [7, 11) is 0. The van der Waals surface area contributed by atoms with E-state index in [1.807, 2.05) is 18.2 Å².